The van der Waals surface area contributed by atoms with E-state index in [9.17, 15) is 4.79 Å². The van der Waals surface area contributed by atoms with Gasteiger partial charge in [0.25, 0.3) is 5.56 Å². The molecule has 0 unspecified atom stereocenters. The van der Waals surface area contributed by atoms with E-state index in [0.29, 0.717) is 16.8 Å². The van der Waals surface area contributed by atoms with E-state index < -0.39 is 0 Å². The summed E-state index contributed by atoms with van der Waals surface area (Å²) in [7, 11) is 0. The first-order valence-electron chi connectivity index (χ1n) is 6.92. The van der Waals surface area contributed by atoms with E-state index in [0.717, 1.165) is 5.69 Å². The van der Waals surface area contributed by atoms with Crippen LogP contribution in [-0.4, -0.2) is 24.7 Å². The molecule has 4 rings (SSSR count). The molecule has 0 aliphatic heterocycles. The van der Waals surface area contributed by atoms with Gasteiger partial charge in [0.1, 0.15) is 11.1 Å². The Morgan fingerprint density at radius 2 is 1.91 bits per heavy atom. The number of fused-ring (bicyclic) bond motifs is 1. The molecule has 1 N–H and O–H groups in total. The van der Waals surface area contributed by atoms with Crippen LogP contribution < -0.4 is 10.3 Å². The zero-order chi connectivity index (χ0) is 15.6. The Labute approximate surface area is 130 Å². The minimum absolute atomic E-state index is 0.0909. The average Bonchev–Trinajstić information content (AvgIpc) is 3.01. The predicted octanol–water partition coefficient (Wildman–Crippen LogP) is 2.30. The maximum absolute atomic E-state index is 12.2. The number of nitrogens with zero attached hydrogens (tertiary/aromatic N) is 4. The smallest absolute Gasteiger partial charge is 0.304 e. The van der Waals surface area contributed by atoms with Crippen molar-refractivity contribution >= 4 is 11.0 Å². The van der Waals surface area contributed by atoms with Gasteiger partial charge in [-0.15, -0.1) is 0 Å². The molecule has 0 aliphatic rings. The van der Waals surface area contributed by atoms with E-state index in [4.69, 9.17) is 4.74 Å². The Balaban J connectivity index is 1.84. The first kappa shape index (κ1) is 13.2. The summed E-state index contributed by atoms with van der Waals surface area (Å²) in [5.74, 6) is 0.487. The topological polar surface area (TPSA) is 85.7 Å². The summed E-state index contributed by atoms with van der Waals surface area (Å²) in [6.45, 7) is 0. The van der Waals surface area contributed by atoms with Crippen molar-refractivity contribution < 1.29 is 4.74 Å². The van der Waals surface area contributed by atoms with Gasteiger partial charge in [-0.05, 0) is 24.3 Å². The van der Waals surface area contributed by atoms with Crippen LogP contribution in [0.4, 0.5) is 0 Å². The summed E-state index contributed by atoms with van der Waals surface area (Å²) in [6.07, 6.45) is 4.66. The normalized spacial score (nSPS) is 10.8. The maximum atomic E-state index is 12.2. The summed E-state index contributed by atoms with van der Waals surface area (Å²) in [5.41, 5.74) is 0.933. The number of nitrogens with one attached hydrogen (secondary N) is 1. The molecule has 0 aliphatic carbocycles. The molecule has 3 heterocycles. The lowest BCUT2D eigenvalue weighted by molar-refractivity contribution is 0.440. The summed E-state index contributed by atoms with van der Waals surface area (Å²) in [4.78, 5) is 23.1. The zero-order valence-electron chi connectivity index (χ0n) is 11.9. The summed E-state index contributed by atoms with van der Waals surface area (Å²) >= 11 is 0. The number of hydrogen-bond acceptors (Lipinski definition) is 5. The van der Waals surface area contributed by atoms with Crippen LogP contribution in [-0.2, 0) is 0 Å². The Hall–Kier alpha value is -3.48. The van der Waals surface area contributed by atoms with Crippen LogP contribution in [0.1, 0.15) is 0 Å². The van der Waals surface area contributed by atoms with Crippen molar-refractivity contribution in [2.24, 2.45) is 0 Å². The summed E-state index contributed by atoms with van der Waals surface area (Å²) < 4.78 is 7.16. The van der Waals surface area contributed by atoms with E-state index in [1.165, 1.54) is 6.20 Å². The van der Waals surface area contributed by atoms with Crippen molar-refractivity contribution in [3.8, 4) is 17.4 Å². The summed E-state index contributed by atoms with van der Waals surface area (Å²) in [6, 6.07) is 13.0. The second kappa shape index (κ2) is 5.38. The zero-order valence-corrected chi connectivity index (χ0v) is 11.9. The molecule has 0 atom stereocenters. The fourth-order valence-corrected chi connectivity index (χ4v) is 2.22. The third-order valence-corrected chi connectivity index (χ3v) is 3.27. The molecule has 7 nitrogen and oxygen atoms in total. The Morgan fingerprint density at radius 1 is 1.04 bits per heavy atom. The van der Waals surface area contributed by atoms with Crippen molar-refractivity contribution in [2.75, 3.05) is 0 Å². The van der Waals surface area contributed by atoms with Crippen molar-refractivity contribution in [1.29, 1.82) is 0 Å². The molecule has 112 valence electrons. The van der Waals surface area contributed by atoms with E-state index in [2.05, 4.69) is 20.1 Å². The molecule has 0 saturated carbocycles. The molecule has 3 aromatic heterocycles. The van der Waals surface area contributed by atoms with Gasteiger partial charge in [0.05, 0.1) is 18.1 Å². The van der Waals surface area contributed by atoms with E-state index in [1.54, 1.807) is 29.2 Å². The molecule has 0 spiro atoms. The van der Waals surface area contributed by atoms with Crippen LogP contribution in [0.2, 0.25) is 0 Å². The number of benzene rings is 1. The molecular formula is C16H11N5O2. The van der Waals surface area contributed by atoms with E-state index in [1.807, 2.05) is 30.3 Å². The molecule has 7 heteroatoms. The number of hydrogen-bond donors (Lipinski definition) is 1. The minimum atomic E-state index is -0.309. The van der Waals surface area contributed by atoms with Crippen LogP contribution >= 0.6 is 0 Å². The van der Waals surface area contributed by atoms with Crippen LogP contribution in [0.5, 0.6) is 11.8 Å². The van der Waals surface area contributed by atoms with Crippen molar-refractivity contribution in [3.63, 3.8) is 0 Å². The Bertz CT molecular complexity index is 1010. The van der Waals surface area contributed by atoms with Gasteiger partial charge in [0.2, 0.25) is 0 Å². The number of pyridine rings is 1. The minimum Gasteiger partial charge on any atom is -0.424 e. The molecule has 23 heavy (non-hydrogen) atoms. The number of para-hydroxylation sites is 1. The molecule has 0 fully saturated rings. The SMILES string of the molecule is O=c1[nH]c(Oc2cccnc2)nc2c1cnn2-c1ccccc1. The van der Waals surface area contributed by atoms with Gasteiger partial charge in [-0.1, -0.05) is 18.2 Å². The monoisotopic (exact) mass is 305 g/mol. The second-order valence-corrected chi connectivity index (χ2v) is 4.79. The molecule has 0 saturated heterocycles. The van der Waals surface area contributed by atoms with Gasteiger partial charge in [-0.25, -0.2) is 4.68 Å². The highest BCUT2D eigenvalue weighted by Gasteiger charge is 2.12. The third-order valence-electron chi connectivity index (χ3n) is 3.27. The van der Waals surface area contributed by atoms with E-state index in [-0.39, 0.29) is 11.6 Å². The van der Waals surface area contributed by atoms with Crippen LogP contribution in [0, 0.1) is 0 Å². The van der Waals surface area contributed by atoms with Crippen LogP contribution in [0.25, 0.3) is 16.7 Å². The highest BCUT2D eigenvalue weighted by molar-refractivity contribution is 5.75. The van der Waals surface area contributed by atoms with Crippen molar-refractivity contribution in [1.82, 2.24) is 24.7 Å². The molecule has 4 aromatic rings. The lowest BCUT2D eigenvalue weighted by Crippen LogP contribution is -2.10. The number of aromatic amines is 1. The Kier molecular flexibility index (Phi) is 3.09. The highest BCUT2D eigenvalue weighted by Crippen LogP contribution is 2.18. The second-order valence-electron chi connectivity index (χ2n) is 4.79. The lowest BCUT2D eigenvalue weighted by atomic mass is 10.3. The lowest BCUT2D eigenvalue weighted by Gasteiger charge is -2.05. The largest absolute Gasteiger partial charge is 0.424 e. The van der Waals surface area contributed by atoms with Gasteiger partial charge < -0.3 is 4.74 Å². The van der Waals surface area contributed by atoms with Crippen molar-refractivity contribution in [2.45, 2.75) is 0 Å². The fraction of sp³-hybridized carbons (Fsp3) is 0. The first-order valence-corrected chi connectivity index (χ1v) is 6.92. The predicted molar refractivity (Wildman–Crippen MR) is 83.8 cm³/mol. The maximum Gasteiger partial charge on any atom is 0.304 e. The molecule has 0 radical (unpaired) electrons. The van der Waals surface area contributed by atoms with Crippen LogP contribution in [0.15, 0.2) is 65.8 Å². The average molecular weight is 305 g/mol. The standard InChI is InChI=1S/C16H11N5O2/c22-15-13-10-18-21(11-5-2-1-3-6-11)14(13)19-16(20-15)23-12-7-4-8-17-9-12/h1-10H,(H,19,20,22). The van der Waals surface area contributed by atoms with Crippen LogP contribution in [0.3, 0.4) is 0 Å². The van der Waals surface area contributed by atoms with Gasteiger partial charge in [0.15, 0.2) is 5.65 Å². The van der Waals surface area contributed by atoms with E-state index >= 15 is 0 Å². The van der Waals surface area contributed by atoms with Gasteiger partial charge in [-0.2, -0.15) is 10.1 Å². The van der Waals surface area contributed by atoms with Gasteiger partial charge in [-0.3, -0.25) is 14.8 Å². The highest BCUT2D eigenvalue weighted by atomic mass is 16.5. The molecule has 0 amide bonds. The summed E-state index contributed by atoms with van der Waals surface area (Å²) in [5, 5.41) is 4.64. The first-order chi connectivity index (χ1) is 11.3. The van der Waals surface area contributed by atoms with Crippen molar-refractivity contribution in [3.05, 3.63) is 71.4 Å². The molecular weight excluding hydrogens is 294 g/mol. The third kappa shape index (κ3) is 2.44. The van der Waals surface area contributed by atoms with Gasteiger partial charge >= 0.3 is 6.01 Å². The number of aromatic nitrogens is 5. The quantitative estimate of drug-likeness (QED) is 0.627. The number of H-pyrrole nitrogens is 1. The molecule has 0 bridgehead atoms. The van der Waals surface area contributed by atoms with Gasteiger partial charge in [0, 0.05) is 6.20 Å². The number of rotatable bonds is 3. The number of ether oxygens (including phenoxy) is 1. The molecule has 1 aromatic carbocycles. The Morgan fingerprint density at radius 3 is 2.70 bits per heavy atom. The fourth-order valence-electron chi connectivity index (χ4n) is 2.22.